The smallest absolute Gasteiger partial charge is 0.381 e. The van der Waals surface area contributed by atoms with Crippen LogP contribution in [0, 0.1) is 6.92 Å². The van der Waals surface area contributed by atoms with E-state index in [2.05, 4.69) is 15.1 Å². The van der Waals surface area contributed by atoms with Gasteiger partial charge in [0.1, 0.15) is 11.3 Å². The predicted octanol–water partition coefficient (Wildman–Crippen LogP) is 5.33. The van der Waals surface area contributed by atoms with Gasteiger partial charge >= 0.3 is 12.4 Å². The molecule has 4 rings (SSSR count). The van der Waals surface area contributed by atoms with Gasteiger partial charge in [-0.15, -0.1) is 11.3 Å². The van der Waals surface area contributed by atoms with E-state index in [4.69, 9.17) is 4.52 Å². The molecule has 15 heteroatoms. The quantitative estimate of drug-likeness (QED) is 0.394. The van der Waals surface area contributed by atoms with Crippen LogP contribution in [0.2, 0.25) is 0 Å². The molecular formula is C24H24F6N4O4S. The number of alkyl halides is 6. The number of aliphatic hydroxyl groups is 2. The molecule has 0 aliphatic carbocycles. The molecule has 0 spiro atoms. The second-order valence-electron chi connectivity index (χ2n) is 9.90. The summed E-state index contributed by atoms with van der Waals surface area (Å²) in [4.78, 5) is 23.7. The Labute approximate surface area is 222 Å². The van der Waals surface area contributed by atoms with E-state index >= 15 is 0 Å². The van der Waals surface area contributed by atoms with Crippen molar-refractivity contribution in [3.05, 3.63) is 40.9 Å². The maximum absolute atomic E-state index is 13.5. The van der Waals surface area contributed by atoms with Gasteiger partial charge in [-0.05, 0) is 51.7 Å². The highest BCUT2D eigenvalue weighted by Crippen LogP contribution is 2.51. The molecule has 8 nitrogen and oxygen atoms in total. The Morgan fingerprint density at radius 1 is 1.10 bits per heavy atom. The molecule has 1 aliphatic rings. The molecule has 39 heavy (non-hydrogen) atoms. The van der Waals surface area contributed by atoms with E-state index in [9.17, 15) is 41.4 Å². The molecule has 0 saturated carbocycles. The first-order valence-corrected chi connectivity index (χ1v) is 12.5. The summed E-state index contributed by atoms with van der Waals surface area (Å²) < 4.78 is 85.6. The van der Waals surface area contributed by atoms with Gasteiger partial charge in [-0.25, -0.2) is 4.98 Å². The van der Waals surface area contributed by atoms with Gasteiger partial charge in [0.2, 0.25) is 5.82 Å². The molecule has 1 saturated heterocycles. The number of aromatic nitrogens is 3. The van der Waals surface area contributed by atoms with Gasteiger partial charge in [0.15, 0.2) is 5.01 Å². The first kappa shape index (κ1) is 29.0. The molecule has 1 unspecified atom stereocenters. The van der Waals surface area contributed by atoms with Crippen LogP contribution < -0.4 is 0 Å². The lowest BCUT2D eigenvalue weighted by Gasteiger charge is -2.33. The highest BCUT2D eigenvalue weighted by Gasteiger charge is 2.71. The number of nitrogens with zero attached hydrogens (tertiary/aromatic N) is 4. The third-order valence-electron chi connectivity index (χ3n) is 6.49. The normalized spacial score (nSPS) is 17.2. The van der Waals surface area contributed by atoms with E-state index < -0.39 is 35.0 Å². The van der Waals surface area contributed by atoms with Crippen molar-refractivity contribution in [2.45, 2.75) is 70.1 Å². The number of hydrogen-bond acceptors (Lipinski definition) is 8. The highest BCUT2D eigenvalue weighted by atomic mass is 32.1. The third-order valence-corrected chi connectivity index (χ3v) is 7.58. The maximum Gasteiger partial charge on any atom is 0.430 e. The van der Waals surface area contributed by atoms with E-state index in [0.29, 0.717) is 18.7 Å². The molecule has 3 heterocycles. The van der Waals surface area contributed by atoms with Crippen LogP contribution in [0.3, 0.4) is 0 Å². The lowest BCUT2D eigenvalue weighted by molar-refractivity contribution is -0.376. The van der Waals surface area contributed by atoms with Crippen LogP contribution in [-0.4, -0.2) is 61.1 Å². The van der Waals surface area contributed by atoms with Gasteiger partial charge in [0.05, 0.1) is 4.88 Å². The Morgan fingerprint density at radius 2 is 1.74 bits per heavy atom. The van der Waals surface area contributed by atoms with Crippen molar-refractivity contribution in [3.63, 3.8) is 0 Å². The molecule has 0 bridgehead atoms. The van der Waals surface area contributed by atoms with E-state index in [-0.39, 0.29) is 44.5 Å². The monoisotopic (exact) mass is 578 g/mol. The summed E-state index contributed by atoms with van der Waals surface area (Å²) in [5.74, 6) is -0.673. The summed E-state index contributed by atoms with van der Waals surface area (Å²) in [5.41, 5.74) is -8.00. The second-order valence-corrected chi connectivity index (χ2v) is 10.9. The van der Waals surface area contributed by atoms with Crippen LogP contribution in [-0.2, 0) is 11.2 Å². The molecular weight excluding hydrogens is 554 g/mol. The van der Waals surface area contributed by atoms with Crippen molar-refractivity contribution >= 4 is 17.2 Å². The topological polar surface area (TPSA) is 113 Å². The van der Waals surface area contributed by atoms with Crippen LogP contribution in [0.1, 0.15) is 61.1 Å². The Bertz CT molecular complexity index is 1380. The second kappa shape index (κ2) is 9.55. The molecule has 0 radical (unpaired) electrons. The molecule has 1 atom stereocenters. The maximum atomic E-state index is 13.5. The summed E-state index contributed by atoms with van der Waals surface area (Å²) in [5, 5.41) is 23.8. The van der Waals surface area contributed by atoms with Crippen LogP contribution in [0.4, 0.5) is 26.3 Å². The summed E-state index contributed by atoms with van der Waals surface area (Å²) in [7, 11) is 0. The fourth-order valence-corrected chi connectivity index (χ4v) is 5.38. The minimum absolute atomic E-state index is 0.0651. The van der Waals surface area contributed by atoms with Gasteiger partial charge in [0.25, 0.3) is 17.4 Å². The largest absolute Gasteiger partial charge is 0.430 e. The Hall–Kier alpha value is -3.04. The molecule has 1 aliphatic heterocycles. The molecule has 1 fully saturated rings. The average molecular weight is 579 g/mol. The van der Waals surface area contributed by atoms with Crippen molar-refractivity contribution in [2.75, 3.05) is 6.54 Å². The molecule has 2 aromatic heterocycles. The van der Waals surface area contributed by atoms with Crippen molar-refractivity contribution in [3.8, 4) is 21.3 Å². The van der Waals surface area contributed by atoms with Gasteiger partial charge in [-0.1, -0.05) is 23.4 Å². The summed E-state index contributed by atoms with van der Waals surface area (Å²) in [6.07, 6.45) is -10.6. The van der Waals surface area contributed by atoms with Crippen LogP contribution >= 0.6 is 11.3 Å². The minimum Gasteiger partial charge on any atom is -0.381 e. The number of likely N-dealkylation sites (tertiary alicyclic amines) is 1. The standard InChI is InChI=1S/C24H24F6N4O4S/c1-11-10-13(22(37,23(25,26)27)24(28,29)30)7-8-14(11)16-15(19(35)34-9-5-6-12(34)2)31-18(39-16)17-32-20(38-33-17)21(3,4)36/h7-8,10,12,36-37H,5-6,9H2,1-4H3. The number of halogens is 6. The van der Waals surface area contributed by atoms with E-state index in [1.54, 1.807) is 4.90 Å². The average Bonchev–Trinajstić information content (AvgIpc) is 3.55. The third kappa shape index (κ3) is 5.02. The summed E-state index contributed by atoms with van der Waals surface area (Å²) in [6.45, 7) is 6.38. The zero-order chi connectivity index (χ0) is 29.1. The Kier molecular flexibility index (Phi) is 7.09. The number of rotatable bonds is 5. The lowest BCUT2D eigenvalue weighted by atomic mass is 9.89. The number of benzene rings is 1. The first-order valence-electron chi connectivity index (χ1n) is 11.7. The summed E-state index contributed by atoms with van der Waals surface area (Å²) in [6, 6.07) is 1.98. The van der Waals surface area contributed by atoms with Crippen molar-refractivity contribution < 1.29 is 45.9 Å². The Morgan fingerprint density at radius 3 is 2.23 bits per heavy atom. The zero-order valence-electron chi connectivity index (χ0n) is 21.1. The minimum atomic E-state index is -6.04. The van der Waals surface area contributed by atoms with Crippen LogP contribution in [0.5, 0.6) is 0 Å². The Balaban J connectivity index is 1.86. The van der Waals surface area contributed by atoms with Gasteiger partial charge < -0.3 is 19.6 Å². The van der Waals surface area contributed by atoms with Crippen LogP contribution in [0.15, 0.2) is 22.7 Å². The van der Waals surface area contributed by atoms with E-state index in [1.165, 1.54) is 20.8 Å². The van der Waals surface area contributed by atoms with E-state index in [0.717, 1.165) is 30.2 Å². The zero-order valence-corrected chi connectivity index (χ0v) is 21.9. The first-order chi connectivity index (χ1) is 17.9. The fraction of sp³-hybridized carbons (Fsp3) is 0.500. The molecule has 1 aromatic carbocycles. The molecule has 2 N–H and O–H groups in total. The SMILES string of the molecule is Cc1cc(C(O)(C(F)(F)F)C(F)(F)F)ccc1-c1sc(-c2noc(C(C)(C)O)n2)nc1C(=O)N1CCCC1C. The predicted molar refractivity (Wildman–Crippen MR) is 127 cm³/mol. The molecule has 212 valence electrons. The van der Waals surface area contributed by atoms with E-state index in [1.807, 2.05) is 6.92 Å². The molecule has 3 aromatic rings. The summed E-state index contributed by atoms with van der Waals surface area (Å²) >= 11 is 0.884. The highest BCUT2D eigenvalue weighted by molar-refractivity contribution is 7.18. The lowest BCUT2D eigenvalue weighted by Crippen LogP contribution is -2.53. The van der Waals surface area contributed by atoms with Gasteiger partial charge in [-0.3, -0.25) is 4.79 Å². The molecule has 1 amide bonds. The fourth-order valence-electron chi connectivity index (χ4n) is 4.30. The number of aryl methyl sites for hydroxylation is 1. The number of thiazole rings is 1. The van der Waals surface area contributed by atoms with Gasteiger partial charge in [-0.2, -0.15) is 31.3 Å². The number of carbonyl (C=O) groups excluding carboxylic acids is 1. The number of carbonyl (C=O) groups is 1. The number of amides is 1. The van der Waals surface area contributed by atoms with Crippen LogP contribution in [0.25, 0.3) is 21.3 Å². The number of hydrogen-bond donors (Lipinski definition) is 2. The van der Waals surface area contributed by atoms with Crippen molar-refractivity contribution in [2.24, 2.45) is 0 Å². The van der Waals surface area contributed by atoms with Gasteiger partial charge in [0, 0.05) is 18.2 Å². The van der Waals surface area contributed by atoms with Crippen molar-refractivity contribution in [1.82, 2.24) is 20.0 Å². The van der Waals surface area contributed by atoms with Crippen molar-refractivity contribution in [1.29, 1.82) is 0 Å².